The molecule has 0 aliphatic rings. The molecule has 6 heteroatoms. The van der Waals surface area contributed by atoms with E-state index in [2.05, 4.69) is 5.32 Å². The number of rotatable bonds is 6. The van der Waals surface area contributed by atoms with Crippen LogP contribution in [-0.4, -0.2) is 28.1 Å². The SMILES string of the molecule is O=C(C=Cc1ccco1)N[C@@H](Cc1ccc(O)cc1)C(=O)O. The van der Waals surface area contributed by atoms with Crippen LogP contribution in [0.4, 0.5) is 0 Å². The summed E-state index contributed by atoms with van der Waals surface area (Å²) in [5.74, 6) is -1.06. The summed E-state index contributed by atoms with van der Waals surface area (Å²) in [4.78, 5) is 23.0. The van der Waals surface area contributed by atoms with Crippen LogP contribution in [0.2, 0.25) is 0 Å². The number of carboxylic acids is 1. The summed E-state index contributed by atoms with van der Waals surface area (Å²) < 4.78 is 5.04. The zero-order valence-electron chi connectivity index (χ0n) is 11.6. The van der Waals surface area contributed by atoms with Gasteiger partial charge in [-0.15, -0.1) is 0 Å². The number of hydrogen-bond acceptors (Lipinski definition) is 4. The van der Waals surface area contributed by atoms with Crippen LogP contribution < -0.4 is 5.32 Å². The molecule has 1 atom stereocenters. The van der Waals surface area contributed by atoms with E-state index in [0.717, 1.165) is 0 Å². The van der Waals surface area contributed by atoms with Crippen molar-refractivity contribution in [1.82, 2.24) is 5.32 Å². The van der Waals surface area contributed by atoms with Gasteiger partial charge in [-0.3, -0.25) is 4.79 Å². The van der Waals surface area contributed by atoms with Crippen molar-refractivity contribution in [2.75, 3.05) is 0 Å². The first-order chi connectivity index (χ1) is 10.5. The third-order valence-electron chi connectivity index (χ3n) is 2.93. The van der Waals surface area contributed by atoms with Gasteiger partial charge in [0.1, 0.15) is 17.6 Å². The van der Waals surface area contributed by atoms with Gasteiger partial charge in [-0.25, -0.2) is 4.79 Å². The summed E-state index contributed by atoms with van der Waals surface area (Å²) in [5.41, 5.74) is 0.695. The van der Waals surface area contributed by atoms with Gasteiger partial charge in [0.25, 0.3) is 0 Å². The van der Waals surface area contributed by atoms with Crippen LogP contribution in [0.1, 0.15) is 11.3 Å². The van der Waals surface area contributed by atoms with E-state index in [1.165, 1.54) is 30.5 Å². The molecule has 0 radical (unpaired) electrons. The Morgan fingerprint density at radius 2 is 1.95 bits per heavy atom. The molecule has 22 heavy (non-hydrogen) atoms. The second-order valence-electron chi connectivity index (χ2n) is 4.62. The molecule has 1 amide bonds. The predicted molar refractivity (Wildman–Crippen MR) is 79.1 cm³/mol. The molecule has 0 aliphatic heterocycles. The van der Waals surface area contributed by atoms with E-state index in [1.807, 2.05) is 0 Å². The largest absolute Gasteiger partial charge is 0.508 e. The van der Waals surface area contributed by atoms with Gasteiger partial charge in [-0.2, -0.15) is 0 Å². The Hall–Kier alpha value is -3.02. The van der Waals surface area contributed by atoms with Gasteiger partial charge < -0.3 is 19.9 Å². The zero-order valence-corrected chi connectivity index (χ0v) is 11.6. The zero-order chi connectivity index (χ0) is 15.9. The van der Waals surface area contributed by atoms with Crippen molar-refractivity contribution in [2.45, 2.75) is 12.5 Å². The van der Waals surface area contributed by atoms with Gasteiger partial charge in [0.15, 0.2) is 0 Å². The number of nitrogens with one attached hydrogen (secondary N) is 1. The number of phenols is 1. The van der Waals surface area contributed by atoms with Gasteiger partial charge in [-0.1, -0.05) is 12.1 Å². The number of benzene rings is 1. The van der Waals surface area contributed by atoms with E-state index in [0.29, 0.717) is 11.3 Å². The van der Waals surface area contributed by atoms with Crippen molar-refractivity contribution in [3.8, 4) is 5.75 Å². The summed E-state index contributed by atoms with van der Waals surface area (Å²) >= 11 is 0. The van der Waals surface area contributed by atoms with Gasteiger partial charge in [0.2, 0.25) is 5.91 Å². The highest BCUT2D eigenvalue weighted by Crippen LogP contribution is 2.11. The molecule has 0 spiro atoms. The standard InChI is InChI=1S/C16H15NO5/c18-12-5-3-11(4-6-12)10-14(16(20)21)17-15(19)8-7-13-2-1-9-22-13/h1-9,14,18H,10H2,(H,17,19)(H,20,21)/t14-/m0/s1. The van der Waals surface area contributed by atoms with E-state index in [4.69, 9.17) is 4.42 Å². The quantitative estimate of drug-likeness (QED) is 0.707. The van der Waals surface area contributed by atoms with Crippen LogP contribution in [0.25, 0.3) is 6.08 Å². The lowest BCUT2D eigenvalue weighted by Crippen LogP contribution is -2.41. The van der Waals surface area contributed by atoms with Crippen LogP contribution in [0.5, 0.6) is 5.75 Å². The molecule has 6 nitrogen and oxygen atoms in total. The summed E-state index contributed by atoms with van der Waals surface area (Å²) in [6.07, 6.45) is 4.26. The molecule has 1 aromatic carbocycles. The third-order valence-corrected chi connectivity index (χ3v) is 2.93. The molecule has 0 bridgehead atoms. The number of aliphatic carboxylic acids is 1. The molecule has 0 unspecified atom stereocenters. The second-order valence-corrected chi connectivity index (χ2v) is 4.62. The van der Waals surface area contributed by atoms with E-state index in [9.17, 15) is 19.8 Å². The molecule has 0 saturated carbocycles. The maximum Gasteiger partial charge on any atom is 0.326 e. The smallest absolute Gasteiger partial charge is 0.326 e. The number of carbonyl (C=O) groups excluding carboxylic acids is 1. The first-order valence-corrected chi connectivity index (χ1v) is 6.57. The monoisotopic (exact) mass is 301 g/mol. The molecular formula is C16H15NO5. The number of furan rings is 1. The lowest BCUT2D eigenvalue weighted by molar-refractivity contribution is -0.141. The lowest BCUT2D eigenvalue weighted by Gasteiger charge is -2.13. The van der Waals surface area contributed by atoms with E-state index >= 15 is 0 Å². The molecule has 2 aromatic rings. The Balaban J connectivity index is 1.97. The minimum atomic E-state index is -1.13. The van der Waals surface area contributed by atoms with Crippen molar-refractivity contribution in [1.29, 1.82) is 0 Å². The molecule has 3 N–H and O–H groups in total. The number of aromatic hydroxyl groups is 1. The average molecular weight is 301 g/mol. The van der Waals surface area contributed by atoms with Crippen LogP contribution in [0.3, 0.4) is 0 Å². The van der Waals surface area contributed by atoms with Crippen LogP contribution in [-0.2, 0) is 16.0 Å². The number of hydrogen-bond donors (Lipinski definition) is 3. The van der Waals surface area contributed by atoms with Gasteiger partial charge in [0, 0.05) is 12.5 Å². The van der Waals surface area contributed by atoms with Gasteiger partial charge >= 0.3 is 5.97 Å². The van der Waals surface area contributed by atoms with E-state index < -0.39 is 17.9 Å². The van der Waals surface area contributed by atoms with Crippen molar-refractivity contribution in [2.24, 2.45) is 0 Å². The maximum atomic E-state index is 11.8. The fourth-order valence-electron chi connectivity index (χ4n) is 1.83. The number of phenolic OH excluding ortho intramolecular Hbond substituents is 1. The van der Waals surface area contributed by atoms with Crippen molar-refractivity contribution in [3.05, 3.63) is 60.1 Å². The summed E-state index contributed by atoms with van der Waals surface area (Å²) in [6, 6.07) is 8.45. The Labute approximate surface area is 126 Å². The highest BCUT2D eigenvalue weighted by molar-refractivity contribution is 5.94. The summed E-state index contributed by atoms with van der Waals surface area (Å²) in [7, 11) is 0. The van der Waals surface area contributed by atoms with Crippen LogP contribution in [0, 0.1) is 0 Å². The second kappa shape index (κ2) is 7.12. The first-order valence-electron chi connectivity index (χ1n) is 6.57. The molecule has 0 aliphatic carbocycles. The van der Waals surface area contributed by atoms with Gasteiger partial charge in [-0.05, 0) is 35.9 Å². The van der Waals surface area contributed by atoms with E-state index in [-0.39, 0.29) is 12.2 Å². The van der Waals surface area contributed by atoms with Crippen LogP contribution >= 0.6 is 0 Å². The average Bonchev–Trinajstić information content (AvgIpc) is 3.00. The molecule has 1 aromatic heterocycles. The molecule has 114 valence electrons. The number of amides is 1. The normalized spacial score (nSPS) is 12.2. The molecule has 0 saturated heterocycles. The molecule has 2 rings (SSSR count). The fourth-order valence-corrected chi connectivity index (χ4v) is 1.83. The highest BCUT2D eigenvalue weighted by Gasteiger charge is 2.19. The fraction of sp³-hybridized carbons (Fsp3) is 0.125. The summed E-state index contributed by atoms with van der Waals surface area (Å²) in [5, 5.41) is 20.8. The number of carboxylic acid groups (broad SMARTS) is 1. The molecule has 1 heterocycles. The third kappa shape index (κ3) is 4.52. The minimum Gasteiger partial charge on any atom is -0.508 e. The van der Waals surface area contributed by atoms with Crippen molar-refractivity contribution in [3.63, 3.8) is 0 Å². The summed E-state index contributed by atoms with van der Waals surface area (Å²) in [6.45, 7) is 0. The Morgan fingerprint density at radius 1 is 1.23 bits per heavy atom. The molecular weight excluding hydrogens is 286 g/mol. The topological polar surface area (TPSA) is 99.8 Å². The Bertz CT molecular complexity index is 658. The Morgan fingerprint density at radius 3 is 2.55 bits per heavy atom. The van der Waals surface area contributed by atoms with Gasteiger partial charge in [0.05, 0.1) is 6.26 Å². The van der Waals surface area contributed by atoms with Crippen molar-refractivity contribution >= 4 is 18.0 Å². The minimum absolute atomic E-state index is 0.0982. The Kier molecular flexibility index (Phi) is 4.98. The first kappa shape index (κ1) is 15.4. The highest BCUT2D eigenvalue weighted by atomic mass is 16.4. The lowest BCUT2D eigenvalue weighted by atomic mass is 10.1. The van der Waals surface area contributed by atoms with Crippen LogP contribution in [0.15, 0.2) is 53.2 Å². The maximum absolute atomic E-state index is 11.8. The van der Waals surface area contributed by atoms with E-state index in [1.54, 1.807) is 24.3 Å². The van der Waals surface area contributed by atoms with Crippen molar-refractivity contribution < 1.29 is 24.2 Å². The molecule has 0 fully saturated rings. The number of carbonyl (C=O) groups is 2. The predicted octanol–water partition coefficient (Wildman–Crippen LogP) is 1.81.